The van der Waals surface area contributed by atoms with Gasteiger partial charge in [0, 0.05) is 23.1 Å². The van der Waals surface area contributed by atoms with E-state index in [1.807, 2.05) is 59.9 Å². The smallest absolute Gasteiger partial charge is 0.250 e. The molecule has 0 aromatic rings. The minimum Gasteiger partial charge on any atom is -0.310 e. The Labute approximate surface area is 122 Å². The van der Waals surface area contributed by atoms with E-state index >= 15 is 0 Å². The fourth-order valence-corrected chi connectivity index (χ4v) is 3.10. The minimum absolute atomic E-state index is 0.0103. The summed E-state index contributed by atoms with van der Waals surface area (Å²) in [5, 5.41) is 0. The number of ketones is 1. The maximum absolute atomic E-state index is 12.3. The van der Waals surface area contributed by atoms with Gasteiger partial charge in [-0.3, -0.25) is 9.59 Å². The normalized spacial score (nSPS) is 16.8. The molecule has 1 rings (SSSR count). The van der Waals surface area contributed by atoms with Crippen LogP contribution in [0.2, 0.25) is 0 Å². The van der Waals surface area contributed by atoms with Gasteiger partial charge in [-0.15, -0.1) is 0 Å². The van der Waals surface area contributed by atoms with Gasteiger partial charge in [0.15, 0.2) is 0 Å². The molecule has 0 fully saturated rings. The zero-order valence-corrected chi connectivity index (χ0v) is 13.6. The highest BCUT2D eigenvalue weighted by Gasteiger charge is 2.39. The molecular formula is C17H27NO2. The van der Waals surface area contributed by atoms with Crippen molar-refractivity contribution in [2.45, 2.75) is 59.9 Å². The molecule has 20 heavy (non-hydrogen) atoms. The summed E-state index contributed by atoms with van der Waals surface area (Å²) < 4.78 is 0. The Morgan fingerprint density at radius 1 is 1.25 bits per heavy atom. The van der Waals surface area contributed by atoms with Crippen molar-refractivity contribution in [2.24, 2.45) is 11.3 Å². The molecule has 0 spiro atoms. The molecule has 0 saturated heterocycles. The van der Waals surface area contributed by atoms with Crippen LogP contribution >= 0.6 is 0 Å². The molecule has 0 bridgehead atoms. The quantitative estimate of drug-likeness (QED) is 0.768. The number of carbonyl (C=O) groups excluding carboxylic acids is 2. The maximum Gasteiger partial charge on any atom is 0.250 e. The predicted octanol–water partition coefficient (Wildman–Crippen LogP) is 3.71. The number of Topliss-reactive ketones (excluding diaryl/α,β-unsaturated/α-hetero) is 1. The van der Waals surface area contributed by atoms with Crippen molar-refractivity contribution < 1.29 is 9.59 Å². The maximum atomic E-state index is 12.3. The molecule has 0 radical (unpaired) electrons. The summed E-state index contributed by atoms with van der Waals surface area (Å²) in [5.74, 6) is 0.236. The third-order valence-corrected chi connectivity index (χ3v) is 3.74. The highest BCUT2D eigenvalue weighted by Crippen LogP contribution is 2.35. The lowest BCUT2D eigenvalue weighted by atomic mass is 9.73. The number of amides is 1. The molecule has 0 aromatic carbocycles. The average Bonchev–Trinajstić information content (AvgIpc) is 2.51. The summed E-state index contributed by atoms with van der Waals surface area (Å²) in [5.41, 5.74) is -0.835. The van der Waals surface area contributed by atoms with Gasteiger partial charge in [-0.1, -0.05) is 39.8 Å². The van der Waals surface area contributed by atoms with Crippen molar-refractivity contribution in [1.29, 1.82) is 0 Å². The van der Waals surface area contributed by atoms with Gasteiger partial charge in [0.25, 0.3) is 5.91 Å². The van der Waals surface area contributed by atoms with Gasteiger partial charge >= 0.3 is 0 Å². The highest BCUT2D eigenvalue weighted by atomic mass is 16.2. The molecule has 1 aliphatic rings. The average molecular weight is 277 g/mol. The number of hydrogen-bond donors (Lipinski definition) is 0. The number of nitrogens with zero attached hydrogens (tertiary/aromatic N) is 1. The van der Waals surface area contributed by atoms with Gasteiger partial charge in [0.1, 0.15) is 5.78 Å². The van der Waals surface area contributed by atoms with Crippen LogP contribution in [-0.4, -0.2) is 22.1 Å². The summed E-state index contributed by atoms with van der Waals surface area (Å²) >= 11 is 0. The largest absolute Gasteiger partial charge is 0.310 e. The molecular weight excluding hydrogens is 250 g/mol. The lowest BCUT2D eigenvalue weighted by Crippen LogP contribution is -2.48. The molecule has 1 amide bonds. The fourth-order valence-electron chi connectivity index (χ4n) is 3.10. The Morgan fingerprint density at radius 3 is 2.40 bits per heavy atom. The van der Waals surface area contributed by atoms with E-state index < -0.39 is 11.0 Å². The number of rotatable bonds is 5. The van der Waals surface area contributed by atoms with Gasteiger partial charge in [-0.05, 0) is 32.8 Å². The fraction of sp³-hybridized carbons (Fsp3) is 0.647. The Morgan fingerprint density at radius 2 is 1.85 bits per heavy atom. The van der Waals surface area contributed by atoms with Crippen molar-refractivity contribution in [3.63, 3.8) is 0 Å². The van der Waals surface area contributed by atoms with E-state index in [-0.39, 0.29) is 17.6 Å². The van der Waals surface area contributed by atoms with Gasteiger partial charge in [-0.25, -0.2) is 0 Å². The zero-order chi connectivity index (χ0) is 15.6. The third kappa shape index (κ3) is 3.81. The number of hydrogen-bond acceptors (Lipinski definition) is 2. The standard InChI is InChI=1S/C17H27NO2/c1-13(2)15(20)16(3,4)12-17(5,6)18-11-9-7-8-10-14(18)19/h8-11,13H,7,12H2,1-6H3. The predicted molar refractivity (Wildman–Crippen MR) is 82.1 cm³/mol. The molecule has 3 nitrogen and oxygen atoms in total. The highest BCUT2D eigenvalue weighted by molar-refractivity contribution is 5.90. The van der Waals surface area contributed by atoms with E-state index in [0.717, 1.165) is 6.42 Å². The number of carbonyl (C=O) groups is 2. The molecule has 1 aliphatic heterocycles. The summed E-state index contributed by atoms with van der Waals surface area (Å²) in [4.78, 5) is 26.2. The van der Waals surface area contributed by atoms with Crippen LogP contribution < -0.4 is 0 Å². The van der Waals surface area contributed by atoms with Crippen molar-refractivity contribution in [3.05, 3.63) is 24.4 Å². The van der Waals surface area contributed by atoms with Crippen LogP contribution in [-0.2, 0) is 9.59 Å². The van der Waals surface area contributed by atoms with Crippen molar-refractivity contribution in [2.75, 3.05) is 0 Å². The topological polar surface area (TPSA) is 37.4 Å². The monoisotopic (exact) mass is 277 g/mol. The van der Waals surface area contributed by atoms with Gasteiger partial charge in [0.05, 0.1) is 0 Å². The Kier molecular flexibility index (Phi) is 4.95. The van der Waals surface area contributed by atoms with Crippen LogP contribution in [0.1, 0.15) is 54.4 Å². The van der Waals surface area contributed by atoms with E-state index in [4.69, 9.17) is 0 Å². The molecule has 1 heterocycles. The third-order valence-electron chi connectivity index (χ3n) is 3.74. The Hall–Kier alpha value is -1.38. The van der Waals surface area contributed by atoms with E-state index in [2.05, 4.69) is 0 Å². The van der Waals surface area contributed by atoms with Crippen molar-refractivity contribution in [1.82, 2.24) is 4.90 Å². The number of allylic oxidation sites excluding steroid dienone is 2. The van der Waals surface area contributed by atoms with Gasteiger partial charge in [-0.2, -0.15) is 0 Å². The van der Waals surface area contributed by atoms with E-state index in [1.165, 1.54) is 0 Å². The van der Waals surface area contributed by atoms with Crippen LogP contribution in [0.3, 0.4) is 0 Å². The molecule has 0 unspecified atom stereocenters. The molecule has 112 valence electrons. The van der Waals surface area contributed by atoms with Crippen LogP contribution in [0.15, 0.2) is 24.4 Å². The van der Waals surface area contributed by atoms with Gasteiger partial charge < -0.3 is 4.90 Å². The second-order valence-corrected chi connectivity index (χ2v) is 7.12. The van der Waals surface area contributed by atoms with Crippen LogP contribution in [0, 0.1) is 11.3 Å². The lowest BCUT2D eigenvalue weighted by molar-refractivity contribution is -0.135. The van der Waals surface area contributed by atoms with E-state index in [1.54, 1.807) is 11.0 Å². The molecule has 3 heteroatoms. The van der Waals surface area contributed by atoms with Crippen LogP contribution in [0.4, 0.5) is 0 Å². The lowest BCUT2D eigenvalue weighted by Gasteiger charge is -2.41. The van der Waals surface area contributed by atoms with Gasteiger partial charge in [0.2, 0.25) is 0 Å². The van der Waals surface area contributed by atoms with Crippen LogP contribution in [0.5, 0.6) is 0 Å². The first-order valence-corrected chi connectivity index (χ1v) is 7.29. The Bertz CT molecular complexity index is 442. The zero-order valence-electron chi connectivity index (χ0n) is 13.6. The molecule has 0 aliphatic carbocycles. The minimum atomic E-state index is -0.443. The summed E-state index contributed by atoms with van der Waals surface area (Å²) in [6.07, 6.45) is 8.70. The first kappa shape index (κ1) is 16.7. The first-order chi connectivity index (χ1) is 9.08. The SMILES string of the molecule is CC(C)C(=O)C(C)(C)CC(C)(C)N1C=CCC=CC1=O. The van der Waals surface area contributed by atoms with Crippen molar-refractivity contribution in [3.8, 4) is 0 Å². The summed E-state index contributed by atoms with van der Waals surface area (Å²) in [7, 11) is 0. The first-order valence-electron chi connectivity index (χ1n) is 7.29. The second-order valence-electron chi connectivity index (χ2n) is 7.12. The van der Waals surface area contributed by atoms with Crippen LogP contribution in [0.25, 0.3) is 0 Å². The summed E-state index contributed by atoms with van der Waals surface area (Å²) in [6, 6.07) is 0. The Balaban J connectivity index is 2.96. The molecule has 0 atom stereocenters. The molecule has 0 saturated carbocycles. The second kappa shape index (κ2) is 5.94. The van der Waals surface area contributed by atoms with E-state index in [9.17, 15) is 9.59 Å². The summed E-state index contributed by atoms with van der Waals surface area (Å²) in [6.45, 7) is 11.8. The molecule has 0 aromatic heterocycles. The van der Waals surface area contributed by atoms with Crippen molar-refractivity contribution >= 4 is 11.7 Å². The molecule has 0 N–H and O–H groups in total. The van der Waals surface area contributed by atoms with E-state index in [0.29, 0.717) is 6.42 Å².